The summed E-state index contributed by atoms with van der Waals surface area (Å²) in [5, 5.41) is 9.08. The molecule has 4 rings (SSSR count). The molecule has 8 nitrogen and oxygen atoms in total. The van der Waals surface area contributed by atoms with Crippen molar-refractivity contribution in [3.8, 4) is 0 Å². The molecular formula is C25H33F3N6O2. The quantitative estimate of drug-likeness (QED) is 0.509. The Bertz CT molecular complexity index is 1080. The Kier molecular flexibility index (Phi) is 7.97. The van der Waals surface area contributed by atoms with E-state index < -0.39 is 11.7 Å². The van der Waals surface area contributed by atoms with Crippen LogP contribution in [-0.2, 0) is 15.8 Å². The van der Waals surface area contributed by atoms with Crippen LogP contribution in [0.3, 0.4) is 0 Å². The third kappa shape index (κ3) is 6.43. The fourth-order valence-electron chi connectivity index (χ4n) is 4.88. The number of carbonyl (C=O) groups is 2. The molecule has 2 aliphatic rings. The number of hydrogen-bond acceptors (Lipinski definition) is 6. The molecule has 3 N–H and O–H groups in total. The van der Waals surface area contributed by atoms with E-state index in [1.165, 1.54) is 12.4 Å². The lowest BCUT2D eigenvalue weighted by Gasteiger charge is -2.46. The van der Waals surface area contributed by atoms with Gasteiger partial charge in [-0.1, -0.05) is 13.8 Å². The monoisotopic (exact) mass is 506 g/mol. The summed E-state index contributed by atoms with van der Waals surface area (Å²) in [6.07, 6.45) is 1.13. The molecule has 0 radical (unpaired) electrons. The minimum absolute atomic E-state index is 0.00678. The van der Waals surface area contributed by atoms with Crippen molar-refractivity contribution < 1.29 is 22.8 Å². The Morgan fingerprint density at radius 3 is 2.50 bits per heavy atom. The molecule has 2 heterocycles. The van der Waals surface area contributed by atoms with Crippen LogP contribution in [-0.4, -0.2) is 64.9 Å². The van der Waals surface area contributed by atoms with Crippen molar-refractivity contribution >= 4 is 28.5 Å². The van der Waals surface area contributed by atoms with Gasteiger partial charge >= 0.3 is 6.18 Å². The molecule has 1 aromatic carbocycles. The number of anilines is 1. The number of likely N-dealkylation sites (tertiary alicyclic amines) is 1. The first kappa shape index (κ1) is 26.1. The SMILES string of the molecule is CC(C)C(=O)NCC1CCC(N2CC(NC(=O)CNc3ncnc4ccc(C(F)(F)F)cc34)C2)CC1. The molecule has 2 aromatic rings. The average molecular weight is 507 g/mol. The molecule has 1 aliphatic heterocycles. The van der Waals surface area contributed by atoms with Gasteiger partial charge in [-0.05, 0) is 49.8 Å². The van der Waals surface area contributed by atoms with Crippen molar-refractivity contribution in [2.24, 2.45) is 11.8 Å². The van der Waals surface area contributed by atoms with E-state index >= 15 is 0 Å². The molecule has 1 aromatic heterocycles. The molecule has 36 heavy (non-hydrogen) atoms. The second-order valence-electron chi connectivity index (χ2n) is 10.1. The number of carbonyl (C=O) groups excluding carboxylic acids is 2. The Labute approximate surface area is 208 Å². The topological polar surface area (TPSA) is 99.2 Å². The van der Waals surface area contributed by atoms with Crippen LogP contribution in [0, 0.1) is 11.8 Å². The molecule has 1 saturated heterocycles. The third-order valence-electron chi connectivity index (χ3n) is 7.08. The summed E-state index contributed by atoms with van der Waals surface area (Å²) in [6, 6.07) is 3.82. The number of aromatic nitrogens is 2. The van der Waals surface area contributed by atoms with Crippen LogP contribution in [0.1, 0.15) is 45.1 Å². The lowest BCUT2D eigenvalue weighted by atomic mass is 9.84. The highest BCUT2D eigenvalue weighted by Gasteiger charge is 2.35. The lowest BCUT2D eigenvalue weighted by molar-refractivity contribution is -0.137. The van der Waals surface area contributed by atoms with Gasteiger partial charge < -0.3 is 16.0 Å². The van der Waals surface area contributed by atoms with Gasteiger partial charge in [0, 0.05) is 37.0 Å². The summed E-state index contributed by atoms with van der Waals surface area (Å²) in [4.78, 5) is 34.6. The molecule has 2 amide bonds. The van der Waals surface area contributed by atoms with E-state index in [1.807, 2.05) is 13.8 Å². The number of rotatable bonds is 8. The molecule has 1 aliphatic carbocycles. The Hall–Kier alpha value is -2.95. The second-order valence-corrected chi connectivity index (χ2v) is 10.1. The smallest absolute Gasteiger partial charge is 0.360 e. The summed E-state index contributed by atoms with van der Waals surface area (Å²) in [5.41, 5.74) is -0.422. The number of alkyl halides is 3. The van der Waals surface area contributed by atoms with E-state index in [0.717, 1.165) is 57.5 Å². The number of amides is 2. The molecule has 11 heteroatoms. The van der Waals surface area contributed by atoms with Crippen molar-refractivity contribution in [1.82, 2.24) is 25.5 Å². The minimum Gasteiger partial charge on any atom is -0.360 e. The summed E-state index contributed by atoms with van der Waals surface area (Å²) >= 11 is 0. The summed E-state index contributed by atoms with van der Waals surface area (Å²) in [6.45, 7) is 6.02. The van der Waals surface area contributed by atoms with Crippen LogP contribution in [0.15, 0.2) is 24.5 Å². The summed E-state index contributed by atoms with van der Waals surface area (Å²) in [5.74, 6) is 0.594. The molecular weight excluding hydrogens is 473 g/mol. The molecule has 0 spiro atoms. The zero-order valence-corrected chi connectivity index (χ0v) is 20.6. The van der Waals surface area contributed by atoms with E-state index in [9.17, 15) is 22.8 Å². The molecule has 0 unspecified atom stereocenters. The van der Waals surface area contributed by atoms with E-state index in [0.29, 0.717) is 17.5 Å². The van der Waals surface area contributed by atoms with Gasteiger partial charge in [0.15, 0.2) is 0 Å². The Morgan fingerprint density at radius 1 is 1.11 bits per heavy atom. The second kappa shape index (κ2) is 11.0. The Balaban J connectivity index is 1.19. The van der Waals surface area contributed by atoms with E-state index in [2.05, 4.69) is 30.8 Å². The maximum Gasteiger partial charge on any atom is 0.416 e. The number of nitrogens with one attached hydrogen (secondary N) is 3. The predicted octanol–water partition coefficient (Wildman–Crippen LogP) is 3.19. The van der Waals surface area contributed by atoms with Crippen LogP contribution in [0.2, 0.25) is 0 Å². The molecule has 2 fully saturated rings. The third-order valence-corrected chi connectivity index (χ3v) is 7.08. The van der Waals surface area contributed by atoms with E-state index in [1.54, 1.807) is 0 Å². The van der Waals surface area contributed by atoms with Crippen LogP contribution < -0.4 is 16.0 Å². The van der Waals surface area contributed by atoms with Gasteiger partial charge in [0.05, 0.1) is 23.7 Å². The molecule has 0 atom stereocenters. The zero-order valence-electron chi connectivity index (χ0n) is 20.6. The summed E-state index contributed by atoms with van der Waals surface area (Å²) in [7, 11) is 0. The highest BCUT2D eigenvalue weighted by molar-refractivity contribution is 5.91. The molecule has 0 bridgehead atoms. The number of halogens is 3. The molecule has 196 valence electrons. The van der Waals surface area contributed by atoms with E-state index in [-0.39, 0.29) is 41.5 Å². The van der Waals surface area contributed by atoms with Gasteiger partial charge in [-0.15, -0.1) is 0 Å². The number of hydrogen-bond donors (Lipinski definition) is 3. The van der Waals surface area contributed by atoms with E-state index in [4.69, 9.17) is 0 Å². The van der Waals surface area contributed by atoms with Crippen LogP contribution in [0.25, 0.3) is 10.9 Å². The van der Waals surface area contributed by atoms with Gasteiger partial charge in [-0.25, -0.2) is 9.97 Å². The van der Waals surface area contributed by atoms with Crippen LogP contribution in [0.4, 0.5) is 19.0 Å². The van der Waals surface area contributed by atoms with Gasteiger partial charge in [0.25, 0.3) is 0 Å². The Morgan fingerprint density at radius 2 is 1.83 bits per heavy atom. The van der Waals surface area contributed by atoms with Crippen molar-refractivity contribution in [3.63, 3.8) is 0 Å². The maximum atomic E-state index is 13.1. The minimum atomic E-state index is -4.47. The van der Waals surface area contributed by atoms with Gasteiger partial charge in [-0.3, -0.25) is 14.5 Å². The van der Waals surface area contributed by atoms with Gasteiger partial charge in [0.2, 0.25) is 11.8 Å². The van der Waals surface area contributed by atoms with Gasteiger partial charge in [-0.2, -0.15) is 13.2 Å². The number of nitrogens with zero attached hydrogens (tertiary/aromatic N) is 3. The first-order valence-corrected chi connectivity index (χ1v) is 12.5. The van der Waals surface area contributed by atoms with Crippen molar-refractivity contribution in [1.29, 1.82) is 0 Å². The molecule has 1 saturated carbocycles. The van der Waals surface area contributed by atoms with Crippen molar-refractivity contribution in [3.05, 3.63) is 30.1 Å². The zero-order chi connectivity index (χ0) is 25.9. The highest BCUT2D eigenvalue weighted by atomic mass is 19.4. The van der Waals surface area contributed by atoms with Gasteiger partial charge in [0.1, 0.15) is 12.1 Å². The first-order chi connectivity index (χ1) is 17.1. The standard InChI is InChI=1S/C25H33F3N6O2/c1-15(2)24(36)30-10-16-3-6-19(7-4-16)34-12-18(13-34)33-22(35)11-29-23-20-9-17(25(26,27)28)5-8-21(20)31-14-32-23/h5,8-9,14-16,18-19H,3-4,6-7,10-13H2,1-2H3,(H,30,36)(H,33,35)(H,29,31,32). The summed E-state index contributed by atoms with van der Waals surface area (Å²) < 4.78 is 39.2. The number of fused-ring (bicyclic) bond motifs is 1. The highest BCUT2D eigenvalue weighted by Crippen LogP contribution is 2.33. The van der Waals surface area contributed by atoms with Crippen LogP contribution in [0.5, 0.6) is 0 Å². The van der Waals surface area contributed by atoms with Crippen molar-refractivity contribution in [2.75, 3.05) is 31.5 Å². The maximum absolute atomic E-state index is 13.1. The lowest BCUT2D eigenvalue weighted by Crippen LogP contribution is -2.63. The number of benzene rings is 1. The average Bonchev–Trinajstić information content (AvgIpc) is 2.82. The first-order valence-electron chi connectivity index (χ1n) is 12.5. The van der Waals surface area contributed by atoms with Crippen molar-refractivity contribution in [2.45, 2.75) is 57.8 Å². The fraction of sp³-hybridized carbons (Fsp3) is 0.600. The predicted molar refractivity (Wildman–Crippen MR) is 130 cm³/mol. The fourth-order valence-corrected chi connectivity index (χ4v) is 4.88. The normalized spacial score (nSPS) is 21.3. The van der Waals surface area contributed by atoms with Crippen LogP contribution >= 0.6 is 0 Å². The largest absolute Gasteiger partial charge is 0.416 e.